The second-order valence-corrected chi connectivity index (χ2v) is 9.37. The lowest BCUT2D eigenvalue weighted by atomic mass is 9.51. The first-order chi connectivity index (χ1) is 13.3. The molecular weight excluding hydrogens is 346 g/mol. The van der Waals surface area contributed by atoms with Gasteiger partial charge in [-0.25, -0.2) is 0 Å². The van der Waals surface area contributed by atoms with Gasteiger partial charge in [-0.15, -0.1) is 0 Å². The third kappa shape index (κ3) is 2.19. The van der Waals surface area contributed by atoms with E-state index in [0.29, 0.717) is 5.75 Å². The maximum atomic E-state index is 13.6. The Balaban J connectivity index is 1.53. The number of hydrogen-bond acceptors (Lipinski definition) is 2. The third-order valence-electron chi connectivity index (χ3n) is 7.93. The largest absolute Gasteiger partial charge is 0.508 e. The predicted molar refractivity (Wildman–Crippen MR) is 111 cm³/mol. The minimum Gasteiger partial charge on any atom is -0.508 e. The summed E-state index contributed by atoms with van der Waals surface area (Å²) in [7, 11) is 0. The zero-order chi connectivity index (χ0) is 19.7. The summed E-state index contributed by atoms with van der Waals surface area (Å²) in [5.74, 6) is 0.529. The Morgan fingerprint density at radius 3 is 2.68 bits per heavy atom. The molecule has 1 amide bonds. The van der Waals surface area contributed by atoms with Crippen molar-refractivity contribution in [2.75, 3.05) is 6.54 Å². The number of carbonyl (C=O) groups is 1. The Kier molecular flexibility index (Phi) is 3.59. The number of piperidine rings is 1. The van der Waals surface area contributed by atoms with E-state index >= 15 is 0 Å². The predicted octanol–water partition coefficient (Wildman–Crippen LogP) is 4.47. The fourth-order valence-corrected chi connectivity index (χ4v) is 5.77. The highest BCUT2D eigenvalue weighted by Gasteiger charge is 2.57. The number of benzene rings is 2. The van der Waals surface area contributed by atoms with E-state index in [4.69, 9.17) is 0 Å². The first-order valence-corrected chi connectivity index (χ1v) is 10.2. The molecule has 0 unspecified atom stereocenters. The number of nitrogens with zero attached hydrogens (tertiary/aromatic N) is 1. The van der Waals surface area contributed by atoms with Gasteiger partial charge in [0.1, 0.15) is 5.75 Å². The van der Waals surface area contributed by atoms with Crippen molar-refractivity contribution in [3.63, 3.8) is 0 Å². The van der Waals surface area contributed by atoms with E-state index in [9.17, 15) is 9.90 Å². The number of fused-ring (bicyclic) bond motifs is 5. The van der Waals surface area contributed by atoms with Crippen LogP contribution in [0.5, 0.6) is 5.75 Å². The average Bonchev–Trinajstić information content (AvgIpc) is 3.09. The molecule has 3 nitrogen and oxygen atoms in total. The molecule has 3 aliphatic rings. The summed E-state index contributed by atoms with van der Waals surface area (Å²) in [6, 6.07) is 14.2. The fourth-order valence-electron chi connectivity index (χ4n) is 5.77. The van der Waals surface area contributed by atoms with Crippen molar-refractivity contribution in [3.8, 4) is 5.75 Å². The van der Waals surface area contributed by atoms with Gasteiger partial charge in [-0.05, 0) is 52.7 Å². The monoisotopic (exact) mass is 373 g/mol. The van der Waals surface area contributed by atoms with Gasteiger partial charge in [-0.3, -0.25) is 4.79 Å². The van der Waals surface area contributed by atoms with Crippen LogP contribution < -0.4 is 0 Å². The highest BCUT2D eigenvalue weighted by molar-refractivity contribution is 6.00. The van der Waals surface area contributed by atoms with Crippen LogP contribution in [0.25, 0.3) is 6.08 Å². The summed E-state index contributed by atoms with van der Waals surface area (Å²) in [5.41, 5.74) is 5.46. The van der Waals surface area contributed by atoms with Gasteiger partial charge in [0, 0.05) is 30.0 Å². The van der Waals surface area contributed by atoms with Crippen molar-refractivity contribution in [2.24, 2.45) is 5.41 Å². The van der Waals surface area contributed by atoms with Gasteiger partial charge in [0.15, 0.2) is 0 Å². The molecule has 1 fully saturated rings. The number of phenols is 1. The standard InChI is InChI=1S/C25H27NO2/c1-24(2)22-15-19-20(9-6-10-21(19)27)25(24,3)11-12-26(22)23(28)18-13-16-7-4-5-8-17(16)14-18/h4-10,13,22,27H,11-12,14-15H2,1-3H3/t22-,25+/m1/s1. The maximum absolute atomic E-state index is 13.6. The normalized spacial score (nSPS) is 27.0. The molecule has 1 N–H and O–H groups in total. The Morgan fingerprint density at radius 2 is 1.89 bits per heavy atom. The SMILES string of the molecule is CC1(C)[C@H]2Cc3c(O)cccc3[C@]1(C)CCN2C(=O)C1=Cc2ccccc2C1. The van der Waals surface area contributed by atoms with E-state index < -0.39 is 0 Å². The number of rotatable bonds is 1. The van der Waals surface area contributed by atoms with Crippen molar-refractivity contribution in [1.29, 1.82) is 0 Å². The average molecular weight is 373 g/mol. The van der Waals surface area contributed by atoms with Crippen LogP contribution in [0.2, 0.25) is 0 Å². The molecule has 2 aromatic rings. The van der Waals surface area contributed by atoms with Gasteiger partial charge in [-0.2, -0.15) is 0 Å². The van der Waals surface area contributed by atoms with Crippen molar-refractivity contribution < 1.29 is 9.90 Å². The van der Waals surface area contributed by atoms with Crippen molar-refractivity contribution in [3.05, 3.63) is 70.3 Å². The number of carbonyl (C=O) groups excluding carboxylic acids is 1. The fraction of sp³-hybridized carbons (Fsp3) is 0.400. The summed E-state index contributed by atoms with van der Waals surface area (Å²) in [4.78, 5) is 15.6. The first-order valence-electron chi connectivity index (χ1n) is 10.2. The Morgan fingerprint density at radius 1 is 1.11 bits per heavy atom. The molecule has 2 aromatic carbocycles. The highest BCUT2D eigenvalue weighted by atomic mass is 16.3. The lowest BCUT2D eigenvalue weighted by Gasteiger charge is -2.60. The smallest absolute Gasteiger partial charge is 0.250 e. The Hall–Kier alpha value is -2.55. The number of aromatic hydroxyl groups is 1. The highest BCUT2D eigenvalue weighted by Crippen LogP contribution is 2.57. The quantitative estimate of drug-likeness (QED) is 0.801. The molecular formula is C25H27NO2. The molecule has 1 heterocycles. The zero-order valence-electron chi connectivity index (χ0n) is 16.8. The summed E-state index contributed by atoms with van der Waals surface area (Å²) < 4.78 is 0. The van der Waals surface area contributed by atoms with Gasteiger partial charge in [-0.1, -0.05) is 57.2 Å². The Labute approximate surface area is 166 Å². The number of amides is 1. The molecule has 28 heavy (non-hydrogen) atoms. The van der Waals surface area contributed by atoms with E-state index in [-0.39, 0.29) is 22.8 Å². The maximum Gasteiger partial charge on any atom is 0.250 e. The molecule has 0 saturated carbocycles. The van der Waals surface area contributed by atoms with Crippen LogP contribution >= 0.6 is 0 Å². The molecule has 1 saturated heterocycles. The van der Waals surface area contributed by atoms with Gasteiger partial charge in [0.2, 0.25) is 5.91 Å². The molecule has 0 spiro atoms. The second kappa shape index (κ2) is 5.73. The van der Waals surface area contributed by atoms with Gasteiger partial charge in [0.05, 0.1) is 0 Å². The van der Waals surface area contributed by atoms with Crippen molar-refractivity contribution >= 4 is 12.0 Å². The van der Waals surface area contributed by atoms with Crippen LogP contribution in [0.3, 0.4) is 0 Å². The summed E-state index contributed by atoms with van der Waals surface area (Å²) in [5, 5.41) is 10.5. The molecule has 1 aliphatic heterocycles. The van der Waals surface area contributed by atoms with E-state index in [1.54, 1.807) is 6.07 Å². The lowest BCUT2D eigenvalue weighted by molar-refractivity contribution is -0.139. The molecule has 0 aromatic heterocycles. The zero-order valence-corrected chi connectivity index (χ0v) is 16.8. The number of phenolic OH excluding ortho intramolecular Hbond substituents is 1. The number of likely N-dealkylation sites (tertiary alicyclic amines) is 1. The minimum atomic E-state index is -0.0618. The molecule has 2 aliphatic carbocycles. The third-order valence-corrected chi connectivity index (χ3v) is 7.93. The molecule has 3 heteroatoms. The molecule has 144 valence electrons. The van der Waals surface area contributed by atoms with Crippen molar-refractivity contribution in [2.45, 2.75) is 51.5 Å². The van der Waals surface area contributed by atoms with Crippen LogP contribution in [0.4, 0.5) is 0 Å². The topological polar surface area (TPSA) is 40.5 Å². The molecule has 0 radical (unpaired) electrons. The van der Waals surface area contributed by atoms with Crippen LogP contribution in [0.1, 0.15) is 49.4 Å². The molecule has 5 rings (SSSR count). The summed E-state index contributed by atoms with van der Waals surface area (Å²) in [6.07, 6.45) is 4.42. The van der Waals surface area contributed by atoms with Gasteiger partial charge in [0.25, 0.3) is 0 Å². The van der Waals surface area contributed by atoms with E-state index in [0.717, 1.165) is 36.9 Å². The van der Waals surface area contributed by atoms with Crippen LogP contribution in [-0.2, 0) is 23.1 Å². The van der Waals surface area contributed by atoms with Crippen LogP contribution in [0, 0.1) is 5.41 Å². The second-order valence-electron chi connectivity index (χ2n) is 9.37. The molecule has 2 atom stereocenters. The summed E-state index contributed by atoms with van der Waals surface area (Å²) in [6.45, 7) is 7.67. The lowest BCUT2D eigenvalue weighted by Crippen LogP contribution is -2.65. The van der Waals surface area contributed by atoms with E-state index in [1.165, 1.54) is 16.7 Å². The number of hydrogen-bond donors (Lipinski definition) is 1. The van der Waals surface area contributed by atoms with Gasteiger partial charge < -0.3 is 10.0 Å². The minimum absolute atomic E-state index is 0.0478. The van der Waals surface area contributed by atoms with E-state index in [2.05, 4.69) is 49.9 Å². The summed E-state index contributed by atoms with van der Waals surface area (Å²) >= 11 is 0. The van der Waals surface area contributed by atoms with Crippen LogP contribution in [-0.4, -0.2) is 28.5 Å². The van der Waals surface area contributed by atoms with Gasteiger partial charge >= 0.3 is 0 Å². The molecule has 2 bridgehead atoms. The first kappa shape index (κ1) is 17.5. The van der Waals surface area contributed by atoms with Crippen LogP contribution in [0.15, 0.2) is 48.0 Å². The van der Waals surface area contributed by atoms with Crippen molar-refractivity contribution in [1.82, 2.24) is 4.90 Å². The Bertz CT molecular complexity index is 1020. The van der Waals surface area contributed by atoms with E-state index in [1.807, 2.05) is 18.2 Å².